The number of rotatable bonds is 15. The number of carbonyl (C=O) groups excluding carboxylic acids is 2. The summed E-state index contributed by atoms with van der Waals surface area (Å²) >= 11 is 0. The summed E-state index contributed by atoms with van der Waals surface area (Å²) in [7, 11) is 1.46. The highest BCUT2D eigenvalue weighted by atomic mass is 16.5. The third-order valence-corrected chi connectivity index (χ3v) is 6.45. The van der Waals surface area contributed by atoms with Crippen LogP contribution in [0.4, 0.5) is 0 Å². The molecule has 1 aliphatic carbocycles. The van der Waals surface area contributed by atoms with E-state index in [4.69, 9.17) is 0 Å². The molecular weight excluding hydrogens is 348 g/mol. The van der Waals surface area contributed by atoms with E-state index in [1.54, 1.807) is 0 Å². The van der Waals surface area contributed by atoms with Crippen molar-refractivity contribution in [2.75, 3.05) is 7.11 Å². The summed E-state index contributed by atoms with van der Waals surface area (Å²) in [4.78, 5) is 23.0. The second-order valence-electron chi connectivity index (χ2n) is 9.23. The predicted octanol–water partition coefficient (Wildman–Crippen LogP) is 7.33. The number of carbonyl (C=O) groups is 2. The number of Topliss-reactive ketones (excluding diaryl/α,β-unsaturated/α-hetero) is 1. The molecule has 0 aliphatic heterocycles. The van der Waals surface area contributed by atoms with Crippen LogP contribution in [0.25, 0.3) is 0 Å². The predicted molar refractivity (Wildman–Crippen MR) is 117 cm³/mol. The van der Waals surface area contributed by atoms with Crippen molar-refractivity contribution >= 4 is 11.8 Å². The van der Waals surface area contributed by atoms with Crippen LogP contribution in [-0.2, 0) is 14.3 Å². The van der Waals surface area contributed by atoms with Crippen molar-refractivity contribution in [3.63, 3.8) is 0 Å². The first-order valence-electron chi connectivity index (χ1n) is 11.7. The number of ketones is 1. The van der Waals surface area contributed by atoms with Crippen molar-refractivity contribution in [3.05, 3.63) is 11.1 Å². The number of ether oxygens (including phenoxy) is 1. The maximum Gasteiger partial charge on any atom is 0.305 e. The smallest absolute Gasteiger partial charge is 0.305 e. The lowest BCUT2D eigenvalue weighted by Gasteiger charge is -2.34. The molecule has 162 valence electrons. The molecule has 0 aromatic carbocycles. The summed E-state index contributed by atoms with van der Waals surface area (Å²) in [5.74, 6) is 0.292. The topological polar surface area (TPSA) is 43.4 Å². The SMILES string of the molecule is COC(=O)CCCCCCCCCCCCCCC1=C(C)C(=O)CCC1(C)C. The highest BCUT2D eigenvalue weighted by Gasteiger charge is 2.31. The van der Waals surface area contributed by atoms with Crippen molar-refractivity contribution in [1.29, 1.82) is 0 Å². The quantitative estimate of drug-likeness (QED) is 0.216. The largest absolute Gasteiger partial charge is 0.469 e. The minimum Gasteiger partial charge on any atom is -0.469 e. The number of allylic oxidation sites excluding steroid dienone is 2. The Bertz CT molecular complexity index is 502. The molecule has 0 unspecified atom stereocenters. The second-order valence-corrected chi connectivity index (χ2v) is 9.23. The number of hydrogen-bond acceptors (Lipinski definition) is 3. The van der Waals surface area contributed by atoms with Gasteiger partial charge < -0.3 is 4.74 Å². The summed E-state index contributed by atoms with van der Waals surface area (Å²) in [6.45, 7) is 6.65. The molecule has 0 radical (unpaired) electrons. The van der Waals surface area contributed by atoms with Crippen molar-refractivity contribution < 1.29 is 14.3 Å². The summed E-state index contributed by atoms with van der Waals surface area (Å²) in [5.41, 5.74) is 2.70. The van der Waals surface area contributed by atoms with Gasteiger partial charge in [0.1, 0.15) is 0 Å². The second kappa shape index (κ2) is 14.0. The maximum atomic E-state index is 12.0. The molecular formula is C25H44O3. The van der Waals surface area contributed by atoms with Gasteiger partial charge in [0, 0.05) is 12.8 Å². The van der Waals surface area contributed by atoms with E-state index in [0.29, 0.717) is 12.2 Å². The summed E-state index contributed by atoms with van der Waals surface area (Å²) < 4.78 is 4.65. The molecule has 28 heavy (non-hydrogen) atoms. The first-order valence-corrected chi connectivity index (χ1v) is 11.7. The van der Waals surface area contributed by atoms with E-state index in [9.17, 15) is 9.59 Å². The Kier molecular flexibility index (Phi) is 12.4. The molecule has 0 atom stereocenters. The molecule has 3 heteroatoms. The van der Waals surface area contributed by atoms with Crippen LogP contribution in [-0.4, -0.2) is 18.9 Å². The molecule has 0 bridgehead atoms. The van der Waals surface area contributed by atoms with Crippen LogP contribution in [0.3, 0.4) is 0 Å². The van der Waals surface area contributed by atoms with Gasteiger partial charge in [0.2, 0.25) is 0 Å². The van der Waals surface area contributed by atoms with Gasteiger partial charge in [0.25, 0.3) is 0 Å². The van der Waals surface area contributed by atoms with E-state index < -0.39 is 0 Å². The Morgan fingerprint density at radius 2 is 1.32 bits per heavy atom. The summed E-state index contributed by atoms with van der Waals surface area (Å²) in [6.07, 6.45) is 18.7. The molecule has 0 spiro atoms. The van der Waals surface area contributed by atoms with E-state index in [1.807, 2.05) is 6.92 Å². The zero-order valence-corrected chi connectivity index (χ0v) is 19.0. The van der Waals surface area contributed by atoms with Crippen LogP contribution >= 0.6 is 0 Å². The van der Waals surface area contributed by atoms with Crippen molar-refractivity contribution in [3.8, 4) is 0 Å². The Balaban J connectivity index is 1.94. The van der Waals surface area contributed by atoms with Crippen LogP contribution in [0, 0.1) is 5.41 Å². The molecule has 0 N–H and O–H groups in total. The Hall–Kier alpha value is -1.12. The molecule has 0 fully saturated rings. The summed E-state index contributed by atoms with van der Waals surface area (Å²) in [5, 5.41) is 0. The van der Waals surface area contributed by atoms with Gasteiger partial charge in [-0.1, -0.05) is 83.6 Å². The molecule has 1 aliphatic rings. The third kappa shape index (κ3) is 9.89. The Morgan fingerprint density at radius 3 is 1.82 bits per heavy atom. The fraction of sp³-hybridized carbons (Fsp3) is 0.840. The van der Waals surface area contributed by atoms with Crippen LogP contribution in [0.15, 0.2) is 11.1 Å². The van der Waals surface area contributed by atoms with Gasteiger partial charge >= 0.3 is 5.97 Å². The Labute approximate surface area is 173 Å². The highest BCUT2D eigenvalue weighted by Crippen LogP contribution is 2.41. The molecule has 0 aromatic rings. The normalized spacial score (nSPS) is 16.5. The van der Waals surface area contributed by atoms with Crippen molar-refractivity contribution in [1.82, 2.24) is 0 Å². The molecule has 0 aromatic heterocycles. The van der Waals surface area contributed by atoms with Crippen LogP contribution in [0.1, 0.15) is 124 Å². The third-order valence-electron chi connectivity index (χ3n) is 6.45. The molecule has 1 rings (SSSR count). The monoisotopic (exact) mass is 392 g/mol. The van der Waals surface area contributed by atoms with Gasteiger partial charge in [-0.25, -0.2) is 0 Å². The first kappa shape index (κ1) is 24.9. The van der Waals surface area contributed by atoms with Crippen molar-refractivity contribution in [2.45, 2.75) is 124 Å². The lowest BCUT2D eigenvalue weighted by Crippen LogP contribution is -2.25. The minimum absolute atomic E-state index is 0.0807. The molecule has 0 saturated carbocycles. The Morgan fingerprint density at radius 1 is 0.857 bits per heavy atom. The number of hydrogen-bond donors (Lipinski definition) is 0. The highest BCUT2D eigenvalue weighted by molar-refractivity contribution is 5.96. The first-order chi connectivity index (χ1) is 13.4. The van der Waals surface area contributed by atoms with Gasteiger partial charge in [-0.3, -0.25) is 9.59 Å². The summed E-state index contributed by atoms with van der Waals surface area (Å²) in [6, 6.07) is 0. The number of unbranched alkanes of at least 4 members (excludes halogenated alkanes) is 11. The zero-order chi connectivity index (χ0) is 20.8. The van der Waals surface area contributed by atoms with Crippen LogP contribution in [0.2, 0.25) is 0 Å². The molecule has 0 saturated heterocycles. The minimum atomic E-state index is -0.0807. The average molecular weight is 393 g/mol. The van der Waals surface area contributed by atoms with Gasteiger partial charge in [-0.05, 0) is 43.6 Å². The maximum absolute atomic E-state index is 12.0. The lowest BCUT2D eigenvalue weighted by molar-refractivity contribution is -0.140. The van der Waals surface area contributed by atoms with Gasteiger partial charge in [0.15, 0.2) is 5.78 Å². The number of methoxy groups -OCH3 is 1. The fourth-order valence-corrected chi connectivity index (χ4v) is 4.41. The van der Waals surface area contributed by atoms with Crippen molar-refractivity contribution in [2.24, 2.45) is 5.41 Å². The van der Waals surface area contributed by atoms with Crippen LogP contribution in [0.5, 0.6) is 0 Å². The van der Waals surface area contributed by atoms with Gasteiger partial charge in [-0.15, -0.1) is 0 Å². The van der Waals surface area contributed by atoms with Crippen LogP contribution < -0.4 is 0 Å². The standard InChI is InChI=1S/C25H44O3/c1-21-22(25(2,3)20-19-23(21)26)17-15-13-11-9-7-5-6-8-10-12-14-16-18-24(27)28-4/h5-20H2,1-4H3. The van der Waals surface area contributed by atoms with E-state index in [1.165, 1.54) is 76.9 Å². The zero-order valence-electron chi connectivity index (χ0n) is 19.0. The number of esters is 1. The van der Waals surface area contributed by atoms with Gasteiger partial charge in [-0.2, -0.15) is 0 Å². The lowest BCUT2D eigenvalue weighted by atomic mass is 9.70. The van der Waals surface area contributed by atoms with E-state index in [-0.39, 0.29) is 11.4 Å². The van der Waals surface area contributed by atoms with E-state index in [2.05, 4.69) is 18.6 Å². The van der Waals surface area contributed by atoms with E-state index in [0.717, 1.165) is 37.7 Å². The molecule has 3 nitrogen and oxygen atoms in total. The molecule has 0 amide bonds. The van der Waals surface area contributed by atoms with E-state index >= 15 is 0 Å². The van der Waals surface area contributed by atoms with Gasteiger partial charge in [0.05, 0.1) is 7.11 Å². The fourth-order valence-electron chi connectivity index (χ4n) is 4.41. The average Bonchev–Trinajstić information content (AvgIpc) is 2.67. The molecule has 0 heterocycles.